The molecule has 176 valence electrons. The first kappa shape index (κ1) is 24.0. The summed E-state index contributed by atoms with van der Waals surface area (Å²) in [4.78, 5) is 29.8. The van der Waals surface area contributed by atoms with Crippen molar-refractivity contribution in [1.29, 1.82) is 0 Å². The zero-order chi connectivity index (χ0) is 23.9. The van der Waals surface area contributed by atoms with Crippen molar-refractivity contribution in [3.63, 3.8) is 0 Å². The summed E-state index contributed by atoms with van der Waals surface area (Å²) in [5, 5.41) is 2.60. The molecule has 1 aliphatic rings. The van der Waals surface area contributed by atoms with Crippen LogP contribution in [0.5, 0.6) is 0 Å². The summed E-state index contributed by atoms with van der Waals surface area (Å²) in [5.74, 6) is 0.0800. The molecule has 4 rings (SSSR count). The van der Waals surface area contributed by atoms with Crippen LogP contribution in [0.3, 0.4) is 0 Å². The van der Waals surface area contributed by atoms with Gasteiger partial charge in [0.2, 0.25) is 11.8 Å². The van der Waals surface area contributed by atoms with Crippen LogP contribution in [-0.4, -0.2) is 53.0 Å². The number of carbonyl (C=O) groups excluding carboxylic acids is 2. The van der Waals surface area contributed by atoms with Crippen LogP contribution in [0.4, 0.5) is 5.69 Å². The monoisotopic (exact) mass is 473 g/mol. The van der Waals surface area contributed by atoms with Crippen LogP contribution in [0.1, 0.15) is 31.0 Å². The third kappa shape index (κ3) is 6.07. The molecule has 1 N–H and O–H groups in total. The molecule has 1 aliphatic heterocycles. The van der Waals surface area contributed by atoms with E-state index in [4.69, 9.17) is 0 Å². The Balaban J connectivity index is 1.37. The normalized spacial score (nSPS) is 15.2. The van der Waals surface area contributed by atoms with E-state index in [-0.39, 0.29) is 23.1 Å². The van der Waals surface area contributed by atoms with Gasteiger partial charge in [0.25, 0.3) is 0 Å². The molecular formula is C28H31N3O2S. The molecule has 0 radical (unpaired) electrons. The largest absolute Gasteiger partial charge is 0.339 e. The van der Waals surface area contributed by atoms with E-state index in [2.05, 4.69) is 70.9 Å². The van der Waals surface area contributed by atoms with Crippen LogP contribution in [0, 0.1) is 0 Å². The van der Waals surface area contributed by atoms with Gasteiger partial charge in [0.15, 0.2) is 0 Å². The molecule has 0 spiro atoms. The van der Waals surface area contributed by atoms with Crippen LogP contribution in [0.25, 0.3) is 0 Å². The molecule has 3 aromatic rings. The lowest BCUT2D eigenvalue weighted by Gasteiger charge is -2.40. The predicted octanol–water partition coefficient (Wildman–Crippen LogP) is 5.06. The molecule has 1 fully saturated rings. The average molecular weight is 474 g/mol. The lowest BCUT2D eigenvalue weighted by atomic mass is 9.96. The summed E-state index contributed by atoms with van der Waals surface area (Å²) in [7, 11) is 0. The molecule has 1 saturated heterocycles. The summed E-state index contributed by atoms with van der Waals surface area (Å²) in [6, 6.07) is 29.0. The van der Waals surface area contributed by atoms with Gasteiger partial charge in [-0.05, 0) is 42.3 Å². The fourth-order valence-corrected chi connectivity index (χ4v) is 5.37. The van der Waals surface area contributed by atoms with E-state index in [1.54, 1.807) is 11.8 Å². The Morgan fingerprint density at radius 1 is 0.794 bits per heavy atom. The highest BCUT2D eigenvalue weighted by Gasteiger charge is 2.30. The number of benzene rings is 3. The van der Waals surface area contributed by atoms with Crippen molar-refractivity contribution in [2.24, 2.45) is 0 Å². The number of amides is 2. The van der Waals surface area contributed by atoms with Gasteiger partial charge in [-0.3, -0.25) is 14.5 Å². The standard InChI is InChI=1S/C28H31N3O2S/c1-21(34-26-15-13-25(14-16-26)29-22(2)32)28(33)31-19-17-30(18-20-31)27(23-9-5-3-6-10-23)24-11-7-4-8-12-24/h3-16,21,27H,17-20H2,1-2H3,(H,29,32). The van der Waals surface area contributed by atoms with Crippen LogP contribution in [0.2, 0.25) is 0 Å². The number of hydrogen-bond acceptors (Lipinski definition) is 4. The molecule has 34 heavy (non-hydrogen) atoms. The Morgan fingerprint density at radius 3 is 1.82 bits per heavy atom. The quantitative estimate of drug-likeness (QED) is 0.488. The maximum Gasteiger partial charge on any atom is 0.235 e. The lowest BCUT2D eigenvalue weighted by Crippen LogP contribution is -2.51. The number of carbonyl (C=O) groups is 2. The lowest BCUT2D eigenvalue weighted by molar-refractivity contribution is -0.132. The Morgan fingerprint density at radius 2 is 1.32 bits per heavy atom. The van der Waals surface area contributed by atoms with Crippen LogP contribution in [0.15, 0.2) is 89.8 Å². The van der Waals surface area contributed by atoms with Crippen LogP contribution < -0.4 is 5.32 Å². The van der Waals surface area contributed by atoms with Crippen molar-refractivity contribution in [1.82, 2.24) is 9.80 Å². The van der Waals surface area contributed by atoms with Gasteiger partial charge in [0.1, 0.15) is 0 Å². The topological polar surface area (TPSA) is 52.7 Å². The third-order valence-electron chi connectivity index (χ3n) is 6.06. The first-order valence-corrected chi connectivity index (χ1v) is 12.6. The van der Waals surface area contributed by atoms with E-state index in [0.717, 1.165) is 36.8 Å². The van der Waals surface area contributed by atoms with Crippen molar-refractivity contribution in [2.45, 2.75) is 30.0 Å². The van der Waals surface area contributed by atoms with Gasteiger partial charge in [-0.15, -0.1) is 11.8 Å². The van der Waals surface area contributed by atoms with Gasteiger partial charge in [-0.25, -0.2) is 0 Å². The molecule has 1 unspecified atom stereocenters. The van der Waals surface area contributed by atoms with E-state index < -0.39 is 0 Å². The van der Waals surface area contributed by atoms with Gasteiger partial charge < -0.3 is 10.2 Å². The highest BCUT2D eigenvalue weighted by atomic mass is 32.2. The number of piperazine rings is 1. The van der Waals surface area contributed by atoms with E-state index in [0.29, 0.717) is 0 Å². The molecule has 0 bridgehead atoms. The van der Waals surface area contributed by atoms with E-state index in [1.165, 1.54) is 18.1 Å². The Kier molecular flexibility index (Phi) is 8.03. The fraction of sp³-hybridized carbons (Fsp3) is 0.286. The van der Waals surface area contributed by atoms with E-state index >= 15 is 0 Å². The van der Waals surface area contributed by atoms with Crippen molar-refractivity contribution in [2.75, 3.05) is 31.5 Å². The second kappa shape index (κ2) is 11.4. The molecule has 0 aromatic heterocycles. The maximum absolute atomic E-state index is 13.2. The molecule has 0 saturated carbocycles. The summed E-state index contributed by atoms with van der Waals surface area (Å²) >= 11 is 1.56. The predicted molar refractivity (Wildman–Crippen MR) is 139 cm³/mol. The van der Waals surface area contributed by atoms with Crippen molar-refractivity contribution in [3.05, 3.63) is 96.1 Å². The molecule has 6 heteroatoms. The smallest absolute Gasteiger partial charge is 0.235 e. The van der Waals surface area contributed by atoms with Gasteiger partial charge >= 0.3 is 0 Å². The Bertz CT molecular complexity index is 1040. The second-order valence-electron chi connectivity index (χ2n) is 8.55. The van der Waals surface area contributed by atoms with E-state index in [1.807, 2.05) is 36.1 Å². The minimum absolute atomic E-state index is 0.0927. The molecular weight excluding hydrogens is 442 g/mol. The zero-order valence-corrected chi connectivity index (χ0v) is 20.5. The molecule has 1 atom stereocenters. The summed E-state index contributed by atoms with van der Waals surface area (Å²) in [5.41, 5.74) is 3.32. The molecule has 1 heterocycles. The summed E-state index contributed by atoms with van der Waals surface area (Å²) < 4.78 is 0. The fourth-order valence-electron chi connectivity index (χ4n) is 4.42. The van der Waals surface area contributed by atoms with E-state index in [9.17, 15) is 9.59 Å². The number of hydrogen-bond donors (Lipinski definition) is 1. The van der Waals surface area contributed by atoms with Crippen LogP contribution in [-0.2, 0) is 9.59 Å². The minimum atomic E-state index is -0.169. The molecule has 5 nitrogen and oxygen atoms in total. The van der Waals surface area contributed by atoms with Gasteiger partial charge in [-0.1, -0.05) is 60.7 Å². The molecule has 3 aromatic carbocycles. The Labute approximate surface area is 206 Å². The number of thioether (sulfide) groups is 1. The van der Waals surface area contributed by atoms with Gasteiger partial charge in [0.05, 0.1) is 11.3 Å². The first-order valence-electron chi connectivity index (χ1n) is 11.7. The number of nitrogens with zero attached hydrogens (tertiary/aromatic N) is 2. The zero-order valence-electron chi connectivity index (χ0n) is 19.7. The second-order valence-corrected chi connectivity index (χ2v) is 9.97. The number of anilines is 1. The molecule has 0 aliphatic carbocycles. The first-order chi connectivity index (χ1) is 16.5. The maximum atomic E-state index is 13.2. The van der Waals surface area contributed by atoms with Crippen molar-refractivity contribution < 1.29 is 9.59 Å². The van der Waals surface area contributed by atoms with Crippen LogP contribution >= 0.6 is 11.8 Å². The van der Waals surface area contributed by atoms with Crippen molar-refractivity contribution in [3.8, 4) is 0 Å². The highest BCUT2D eigenvalue weighted by Crippen LogP contribution is 2.30. The highest BCUT2D eigenvalue weighted by molar-refractivity contribution is 8.00. The third-order valence-corrected chi connectivity index (χ3v) is 7.16. The van der Waals surface area contributed by atoms with Gasteiger partial charge in [-0.2, -0.15) is 0 Å². The average Bonchev–Trinajstić information content (AvgIpc) is 2.86. The number of rotatable bonds is 7. The molecule has 2 amide bonds. The Hall–Kier alpha value is -3.09. The SMILES string of the molecule is CC(=O)Nc1ccc(SC(C)C(=O)N2CCN(C(c3ccccc3)c3ccccc3)CC2)cc1. The van der Waals surface area contributed by atoms with Gasteiger partial charge in [0, 0.05) is 43.7 Å². The number of nitrogens with one attached hydrogen (secondary N) is 1. The minimum Gasteiger partial charge on any atom is -0.339 e. The van der Waals surface area contributed by atoms with Crippen molar-refractivity contribution >= 4 is 29.3 Å². The summed E-state index contributed by atoms with van der Waals surface area (Å²) in [6.07, 6.45) is 0. The summed E-state index contributed by atoms with van der Waals surface area (Å²) in [6.45, 7) is 6.58.